The standard InChI is InChI=1S/C10H22O3S.K.H/c1-3-4-5-6-7-8-9-10(2)14(11,12)13;;/h10H,3-9H2,1-2H3,(H,11,12,13);;. The monoisotopic (exact) mass is 262 g/mol. The van der Waals surface area contributed by atoms with Crippen LogP contribution in [0.4, 0.5) is 0 Å². The molecule has 15 heavy (non-hydrogen) atoms. The molecule has 0 fully saturated rings. The Hall–Kier alpha value is 1.55. The van der Waals surface area contributed by atoms with Gasteiger partial charge in [-0.1, -0.05) is 45.4 Å². The molecule has 0 aromatic carbocycles. The Bertz CT molecular complexity index is 227. The van der Waals surface area contributed by atoms with E-state index in [4.69, 9.17) is 4.55 Å². The normalized spacial score (nSPS) is 13.3. The van der Waals surface area contributed by atoms with Crippen LogP contribution in [-0.2, 0) is 10.1 Å². The van der Waals surface area contributed by atoms with Crippen LogP contribution in [0.2, 0.25) is 0 Å². The van der Waals surface area contributed by atoms with Crippen LogP contribution >= 0.6 is 0 Å². The molecular weight excluding hydrogens is 239 g/mol. The van der Waals surface area contributed by atoms with E-state index >= 15 is 0 Å². The Labute approximate surface area is 137 Å². The molecule has 0 aliphatic rings. The summed E-state index contributed by atoms with van der Waals surface area (Å²) in [6, 6.07) is 0. The third-order valence-corrected chi connectivity index (χ3v) is 3.73. The molecule has 0 radical (unpaired) electrons. The second kappa shape index (κ2) is 10.7. The quantitative estimate of drug-likeness (QED) is 0.415. The molecule has 0 aliphatic carbocycles. The summed E-state index contributed by atoms with van der Waals surface area (Å²) in [5, 5.41) is -0.603. The van der Waals surface area contributed by atoms with Crippen molar-refractivity contribution in [3.05, 3.63) is 0 Å². The van der Waals surface area contributed by atoms with Crippen molar-refractivity contribution in [1.29, 1.82) is 0 Å². The minimum atomic E-state index is -3.80. The van der Waals surface area contributed by atoms with Crippen LogP contribution in [0.1, 0.15) is 58.8 Å². The van der Waals surface area contributed by atoms with Crippen LogP contribution in [0.5, 0.6) is 0 Å². The van der Waals surface area contributed by atoms with E-state index in [1.54, 1.807) is 6.92 Å². The van der Waals surface area contributed by atoms with Gasteiger partial charge in [0.2, 0.25) is 0 Å². The fraction of sp³-hybridized carbons (Fsp3) is 1.00. The van der Waals surface area contributed by atoms with Crippen molar-refractivity contribution in [3.63, 3.8) is 0 Å². The van der Waals surface area contributed by atoms with E-state index in [1.807, 2.05) is 0 Å². The van der Waals surface area contributed by atoms with E-state index in [-0.39, 0.29) is 51.4 Å². The van der Waals surface area contributed by atoms with Gasteiger partial charge < -0.3 is 0 Å². The molecule has 5 heteroatoms. The summed E-state index contributed by atoms with van der Waals surface area (Å²) in [5.74, 6) is 0. The number of hydrogen-bond acceptors (Lipinski definition) is 2. The van der Waals surface area contributed by atoms with E-state index in [9.17, 15) is 8.42 Å². The summed E-state index contributed by atoms with van der Waals surface area (Å²) in [6.07, 6.45) is 7.42. The molecular formula is C10H23KO3S. The summed E-state index contributed by atoms with van der Waals surface area (Å²) >= 11 is 0. The summed E-state index contributed by atoms with van der Waals surface area (Å²) in [6.45, 7) is 3.72. The van der Waals surface area contributed by atoms with Crippen molar-refractivity contribution in [1.82, 2.24) is 0 Å². The average Bonchev–Trinajstić information content (AvgIpc) is 2.09. The zero-order chi connectivity index (χ0) is 11.0. The third kappa shape index (κ3) is 11.8. The first-order valence-corrected chi connectivity index (χ1v) is 6.95. The number of rotatable bonds is 8. The third-order valence-electron chi connectivity index (χ3n) is 2.47. The van der Waals surface area contributed by atoms with Crippen LogP contribution < -0.4 is 0 Å². The van der Waals surface area contributed by atoms with Crippen LogP contribution in [0.3, 0.4) is 0 Å². The van der Waals surface area contributed by atoms with Gasteiger partial charge in [-0.15, -0.1) is 0 Å². The minimum absolute atomic E-state index is 0. The molecule has 0 saturated carbocycles. The number of unbranched alkanes of at least 4 members (excludes halogenated alkanes) is 5. The summed E-state index contributed by atoms with van der Waals surface area (Å²) in [7, 11) is -3.80. The molecule has 3 nitrogen and oxygen atoms in total. The molecule has 1 unspecified atom stereocenters. The first-order valence-electron chi connectivity index (χ1n) is 5.44. The fourth-order valence-electron chi connectivity index (χ4n) is 1.36. The van der Waals surface area contributed by atoms with Crippen LogP contribution in [0, 0.1) is 0 Å². The van der Waals surface area contributed by atoms with Crippen molar-refractivity contribution in [3.8, 4) is 0 Å². The van der Waals surface area contributed by atoms with Crippen molar-refractivity contribution < 1.29 is 13.0 Å². The van der Waals surface area contributed by atoms with Crippen molar-refractivity contribution in [2.45, 2.75) is 64.0 Å². The van der Waals surface area contributed by atoms with Gasteiger partial charge in [0.1, 0.15) is 0 Å². The van der Waals surface area contributed by atoms with E-state index in [0.29, 0.717) is 6.42 Å². The molecule has 0 aromatic heterocycles. The fourth-order valence-corrected chi connectivity index (χ4v) is 1.83. The van der Waals surface area contributed by atoms with E-state index < -0.39 is 15.4 Å². The molecule has 0 saturated heterocycles. The van der Waals surface area contributed by atoms with E-state index in [0.717, 1.165) is 12.8 Å². The van der Waals surface area contributed by atoms with Crippen molar-refractivity contribution in [2.75, 3.05) is 0 Å². The summed E-state index contributed by atoms with van der Waals surface area (Å²) in [4.78, 5) is 0. The van der Waals surface area contributed by atoms with Gasteiger partial charge >= 0.3 is 51.4 Å². The topological polar surface area (TPSA) is 54.4 Å². The Morgan fingerprint density at radius 2 is 1.53 bits per heavy atom. The Morgan fingerprint density at radius 1 is 1.07 bits per heavy atom. The van der Waals surface area contributed by atoms with Crippen LogP contribution in [0.15, 0.2) is 0 Å². The van der Waals surface area contributed by atoms with Gasteiger partial charge in [-0.2, -0.15) is 8.42 Å². The predicted octanol–water partition coefficient (Wildman–Crippen LogP) is 2.36. The maximum atomic E-state index is 10.7. The Balaban J connectivity index is 0. The first kappa shape index (κ1) is 18.9. The van der Waals surface area contributed by atoms with Crippen molar-refractivity contribution >= 4 is 61.5 Å². The van der Waals surface area contributed by atoms with Gasteiger partial charge in [0.15, 0.2) is 0 Å². The van der Waals surface area contributed by atoms with Gasteiger partial charge in [0.05, 0.1) is 5.25 Å². The molecule has 0 spiro atoms. The number of hydrogen-bond donors (Lipinski definition) is 1. The van der Waals surface area contributed by atoms with Crippen LogP contribution in [0.25, 0.3) is 0 Å². The summed E-state index contributed by atoms with van der Waals surface area (Å²) in [5.41, 5.74) is 0. The second-order valence-electron chi connectivity index (χ2n) is 3.88. The molecule has 1 atom stereocenters. The van der Waals surface area contributed by atoms with Gasteiger partial charge in [0.25, 0.3) is 10.1 Å². The SMILES string of the molecule is CCCCCCCCC(C)S(=O)(=O)O.[KH]. The zero-order valence-electron chi connectivity index (χ0n) is 9.20. The summed E-state index contributed by atoms with van der Waals surface area (Å²) < 4.78 is 30.0. The molecule has 1 N–H and O–H groups in total. The van der Waals surface area contributed by atoms with Gasteiger partial charge in [-0.3, -0.25) is 4.55 Å². The Morgan fingerprint density at radius 3 is 2.00 bits per heavy atom. The van der Waals surface area contributed by atoms with Crippen LogP contribution in [-0.4, -0.2) is 69.6 Å². The molecule has 0 bridgehead atoms. The second-order valence-corrected chi connectivity index (χ2v) is 5.72. The van der Waals surface area contributed by atoms with Gasteiger partial charge in [-0.05, 0) is 13.3 Å². The first-order chi connectivity index (χ1) is 6.48. The van der Waals surface area contributed by atoms with Gasteiger partial charge in [0, 0.05) is 0 Å². The molecule has 0 amide bonds. The Kier molecular flexibility index (Phi) is 13.5. The predicted molar refractivity (Wildman–Crippen MR) is 66.2 cm³/mol. The van der Waals surface area contributed by atoms with Gasteiger partial charge in [-0.25, -0.2) is 0 Å². The molecule has 0 heterocycles. The average molecular weight is 262 g/mol. The van der Waals surface area contributed by atoms with Crippen molar-refractivity contribution in [2.24, 2.45) is 0 Å². The maximum absolute atomic E-state index is 10.7. The van der Waals surface area contributed by atoms with E-state index in [2.05, 4.69) is 6.92 Å². The molecule has 0 rings (SSSR count). The molecule has 88 valence electrons. The molecule has 0 aromatic rings. The zero-order valence-corrected chi connectivity index (χ0v) is 10.0. The van der Waals surface area contributed by atoms with E-state index in [1.165, 1.54) is 25.7 Å². The molecule has 0 aliphatic heterocycles.